The van der Waals surface area contributed by atoms with Crippen LogP contribution < -0.4 is 10.2 Å². The minimum atomic E-state index is -0.682. The van der Waals surface area contributed by atoms with E-state index in [2.05, 4.69) is 20.2 Å². The quantitative estimate of drug-likeness (QED) is 0.945. The molecule has 0 radical (unpaired) electrons. The van der Waals surface area contributed by atoms with Crippen molar-refractivity contribution in [1.29, 1.82) is 0 Å². The van der Waals surface area contributed by atoms with Gasteiger partial charge in [0.15, 0.2) is 0 Å². The second-order valence-electron chi connectivity index (χ2n) is 5.04. The van der Waals surface area contributed by atoms with Crippen LogP contribution in [0, 0.1) is 18.6 Å². The minimum Gasteiger partial charge on any atom is -0.378 e. The van der Waals surface area contributed by atoms with Crippen LogP contribution in [-0.2, 0) is 4.74 Å². The van der Waals surface area contributed by atoms with Gasteiger partial charge >= 0.3 is 0 Å². The summed E-state index contributed by atoms with van der Waals surface area (Å²) < 4.78 is 32.0. The van der Waals surface area contributed by atoms with Gasteiger partial charge in [-0.1, -0.05) is 0 Å². The zero-order valence-corrected chi connectivity index (χ0v) is 12.1. The number of nitrogens with zero attached hydrogens (tertiary/aromatic N) is 3. The van der Waals surface area contributed by atoms with E-state index >= 15 is 0 Å². The highest BCUT2D eigenvalue weighted by Crippen LogP contribution is 2.21. The Morgan fingerprint density at radius 2 is 1.91 bits per heavy atom. The third-order valence-electron chi connectivity index (χ3n) is 3.35. The van der Waals surface area contributed by atoms with Gasteiger partial charge in [0, 0.05) is 30.9 Å². The first-order valence-corrected chi connectivity index (χ1v) is 7.02. The van der Waals surface area contributed by atoms with Gasteiger partial charge < -0.3 is 15.0 Å². The van der Waals surface area contributed by atoms with Crippen molar-refractivity contribution in [1.82, 2.24) is 9.97 Å². The molecule has 1 aromatic carbocycles. The maximum Gasteiger partial charge on any atom is 0.229 e. The highest BCUT2D eigenvalue weighted by atomic mass is 19.1. The third-order valence-corrected chi connectivity index (χ3v) is 3.35. The Morgan fingerprint density at radius 1 is 1.14 bits per heavy atom. The van der Waals surface area contributed by atoms with Crippen molar-refractivity contribution in [2.45, 2.75) is 6.92 Å². The second kappa shape index (κ2) is 6.23. The maximum absolute atomic E-state index is 13.7. The number of hydrogen-bond acceptors (Lipinski definition) is 5. The molecule has 1 N–H and O–H groups in total. The molecule has 1 aliphatic rings. The molecule has 1 aromatic heterocycles. The van der Waals surface area contributed by atoms with Crippen molar-refractivity contribution in [2.75, 3.05) is 36.5 Å². The lowest BCUT2D eigenvalue weighted by molar-refractivity contribution is 0.122. The van der Waals surface area contributed by atoms with Crippen LogP contribution in [0.3, 0.4) is 0 Å². The summed E-state index contributed by atoms with van der Waals surface area (Å²) >= 11 is 0. The predicted molar refractivity (Wildman–Crippen MR) is 79.4 cm³/mol. The van der Waals surface area contributed by atoms with Crippen LogP contribution in [-0.4, -0.2) is 36.3 Å². The fourth-order valence-corrected chi connectivity index (χ4v) is 2.27. The number of hydrogen-bond donors (Lipinski definition) is 1. The Labute approximate surface area is 127 Å². The smallest absolute Gasteiger partial charge is 0.229 e. The van der Waals surface area contributed by atoms with E-state index in [0.717, 1.165) is 30.7 Å². The molecule has 1 saturated heterocycles. The number of anilines is 3. The SMILES string of the molecule is Cc1cc(N2CCOCC2)nc(Nc2ccc(F)cc2F)n1. The molecule has 7 heteroatoms. The first-order valence-electron chi connectivity index (χ1n) is 7.02. The van der Waals surface area contributed by atoms with Gasteiger partial charge in [-0.2, -0.15) is 4.98 Å². The Bertz CT molecular complexity index is 675. The lowest BCUT2D eigenvalue weighted by Gasteiger charge is -2.28. The highest BCUT2D eigenvalue weighted by Gasteiger charge is 2.14. The zero-order valence-electron chi connectivity index (χ0n) is 12.1. The first kappa shape index (κ1) is 14.6. The van der Waals surface area contributed by atoms with Crippen molar-refractivity contribution in [3.63, 3.8) is 0 Å². The summed E-state index contributed by atoms with van der Waals surface area (Å²) in [7, 11) is 0. The molecular weight excluding hydrogens is 290 g/mol. The summed E-state index contributed by atoms with van der Waals surface area (Å²) in [6, 6.07) is 5.20. The summed E-state index contributed by atoms with van der Waals surface area (Å²) in [5, 5.41) is 2.80. The Balaban J connectivity index is 1.85. The van der Waals surface area contributed by atoms with Crippen molar-refractivity contribution in [2.24, 2.45) is 0 Å². The van der Waals surface area contributed by atoms with E-state index in [1.165, 1.54) is 12.1 Å². The van der Waals surface area contributed by atoms with Crippen molar-refractivity contribution < 1.29 is 13.5 Å². The van der Waals surface area contributed by atoms with Crippen LogP contribution in [0.5, 0.6) is 0 Å². The number of morpholine rings is 1. The molecular formula is C15H16F2N4O. The number of ether oxygens (including phenoxy) is 1. The van der Waals surface area contributed by atoms with Gasteiger partial charge in [-0.15, -0.1) is 0 Å². The van der Waals surface area contributed by atoms with Gasteiger partial charge in [-0.05, 0) is 19.1 Å². The molecule has 1 aliphatic heterocycles. The van der Waals surface area contributed by atoms with Crippen LogP contribution in [0.2, 0.25) is 0 Å². The third kappa shape index (κ3) is 3.30. The number of halogens is 2. The summed E-state index contributed by atoms with van der Waals surface area (Å²) in [5.41, 5.74) is 0.904. The van der Waals surface area contributed by atoms with Gasteiger partial charge in [0.05, 0.1) is 18.9 Å². The molecule has 0 bridgehead atoms. The van der Waals surface area contributed by atoms with E-state index < -0.39 is 11.6 Å². The van der Waals surface area contributed by atoms with E-state index in [9.17, 15) is 8.78 Å². The molecule has 22 heavy (non-hydrogen) atoms. The standard InChI is InChI=1S/C15H16F2N4O/c1-10-8-14(21-4-6-22-7-5-21)20-15(18-10)19-13-3-2-11(16)9-12(13)17/h2-3,8-9H,4-7H2,1H3,(H,18,19,20). The fraction of sp³-hybridized carbons (Fsp3) is 0.333. The normalized spacial score (nSPS) is 15.0. The molecule has 0 spiro atoms. The number of benzene rings is 1. The summed E-state index contributed by atoms with van der Waals surface area (Å²) in [6.07, 6.45) is 0. The lowest BCUT2D eigenvalue weighted by atomic mass is 10.3. The monoisotopic (exact) mass is 306 g/mol. The van der Waals surface area contributed by atoms with E-state index in [1.807, 2.05) is 13.0 Å². The van der Waals surface area contributed by atoms with Crippen LogP contribution in [0.15, 0.2) is 24.3 Å². The molecule has 1 fully saturated rings. The van der Waals surface area contributed by atoms with Gasteiger partial charge in [-0.25, -0.2) is 13.8 Å². The Hall–Kier alpha value is -2.28. The summed E-state index contributed by atoms with van der Waals surface area (Å²) in [5.74, 6) is -0.256. The van der Waals surface area contributed by atoms with Crippen molar-refractivity contribution in [3.8, 4) is 0 Å². The summed E-state index contributed by atoms with van der Waals surface area (Å²) in [4.78, 5) is 10.7. The largest absolute Gasteiger partial charge is 0.378 e. The number of aryl methyl sites for hydroxylation is 1. The summed E-state index contributed by atoms with van der Waals surface area (Å²) in [6.45, 7) is 4.65. The Morgan fingerprint density at radius 3 is 2.64 bits per heavy atom. The zero-order chi connectivity index (χ0) is 15.5. The molecule has 0 atom stereocenters. The van der Waals surface area contributed by atoms with Crippen LogP contribution in [0.1, 0.15) is 5.69 Å². The number of aromatic nitrogens is 2. The first-order chi connectivity index (χ1) is 10.6. The highest BCUT2D eigenvalue weighted by molar-refractivity contribution is 5.56. The maximum atomic E-state index is 13.7. The fourth-order valence-electron chi connectivity index (χ4n) is 2.27. The van der Waals surface area contributed by atoms with Gasteiger partial charge in [-0.3, -0.25) is 0 Å². The molecule has 2 heterocycles. The van der Waals surface area contributed by atoms with Gasteiger partial charge in [0.1, 0.15) is 17.5 Å². The predicted octanol–water partition coefficient (Wildman–Crippen LogP) is 2.64. The molecule has 0 unspecified atom stereocenters. The molecule has 0 saturated carbocycles. The van der Waals surface area contributed by atoms with E-state index in [1.54, 1.807) is 0 Å². The lowest BCUT2D eigenvalue weighted by Crippen LogP contribution is -2.36. The van der Waals surface area contributed by atoms with Crippen molar-refractivity contribution in [3.05, 3.63) is 41.6 Å². The minimum absolute atomic E-state index is 0.139. The number of nitrogens with one attached hydrogen (secondary N) is 1. The van der Waals surface area contributed by atoms with Gasteiger partial charge in [0.25, 0.3) is 0 Å². The molecule has 0 amide bonds. The van der Waals surface area contributed by atoms with E-state index in [4.69, 9.17) is 4.74 Å². The van der Waals surface area contributed by atoms with Crippen LogP contribution >= 0.6 is 0 Å². The number of rotatable bonds is 3. The van der Waals surface area contributed by atoms with Crippen LogP contribution in [0.25, 0.3) is 0 Å². The Kier molecular flexibility index (Phi) is 4.15. The average molecular weight is 306 g/mol. The van der Waals surface area contributed by atoms with Crippen molar-refractivity contribution >= 4 is 17.5 Å². The van der Waals surface area contributed by atoms with Crippen LogP contribution in [0.4, 0.5) is 26.2 Å². The molecule has 116 valence electrons. The topological polar surface area (TPSA) is 50.3 Å². The van der Waals surface area contributed by atoms with Gasteiger partial charge in [0.2, 0.25) is 5.95 Å². The average Bonchev–Trinajstić information content (AvgIpc) is 2.50. The molecule has 0 aliphatic carbocycles. The second-order valence-corrected chi connectivity index (χ2v) is 5.04. The molecule has 5 nitrogen and oxygen atoms in total. The van der Waals surface area contributed by atoms with E-state index in [0.29, 0.717) is 13.2 Å². The molecule has 2 aromatic rings. The molecule has 3 rings (SSSR count). The van der Waals surface area contributed by atoms with E-state index in [-0.39, 0.29) is 11.6 Å².